The number of benzene rings is 2. The molecule has 0 amide bonds. The predicted octanol–water partition coefficient (Wildman–Crippen LogP) is 5.39. The molecule has 0 radical (unpaired) electrons. The van der Waals surface area contributed by atoms with Crippen LogP contribution in [0.3, 0.4) is 0 Å². The van der Waals surface area contributed by atoms with Crippen LogP contribution < -0.4 is 5.32 Å². The molecule has 0 aliphatic carbocycles. The van der Waals surface area contributed by atoms with Crippen LogP contribution in [0.15, 0.2) is 53.0 Å². The maximum Gasteiger partial charge on any atom is 0.127 e. The van der Waals surface area contributed by atoms with Crippen LogP contribution in [0.5, 0.6) is 0 Å². The van der Waals surface area contributed by atoms with E-state index in [0.717, 1.165) is 16.5 Å². The Morgan fingerprint density at radius 2 is 1.75 bits per heavy atom. The van der Waals surface area contributed by atoms with Crippen molar-refractivity contribution >= 4 is 15.9 Å². The third-order valence-corrected chi connectivity index (χ3v) is 4.04. The van der Waals surface area contributed by atoms with Gasteiger partial charge < -0.3 is 5.32 Å². The molecule has 0 aromatic heterocycles. The van der Waals surface area contributed by atoms with Crippen molar-refractivity contribution in [3.05, 3.63) is 69.9 Å². The van der Waals surface area contributed by atoms with Gasteiger partial charge in [0, 0.05) is 22.1 Å². The molecular weight excluding hydrogens is 317 g/mol. The summed E-state index contributed by atoms with van der Waals surface area (Å²) in [6, 6.07) is 15.4. The van der Waals surface area contributed by atoms with Crippen LogP contribution in [0.2, 0.25) is 0 Å². The van der Waals surface area contributed by atoms with E-state index in [2.05, 4.69) is 47.2 Å². The van der Waals surface area contributed by atoms with E-state index in [1.165, 1.54) is 11.6 Å². The van der Waals surface area contributed by atoms with Crippen LogP contribution in [0, 0.1) is 5.82 Å². The Kier molecular flexibility index (Phi) is 5.32. The number of hydrogen-bond donors (Lipinski definition) is 1. The minimum Gasteiger partial charge on any atom is -0.303 e. The molecule has 0 saturated heterocycles. The van der Waals surface area contributed by atoms with Crippen LogP contribution in [0.1, 0.15) is 43.5 Å². The molecule has 0 spiro atoms. The molecule has 0 bridgehead atoms. The topological polar surface area (TPSA) is 12.0 Å². The van der Waals surface area contributed by atoms with E-state index >= 15 is 0 Å². The zero-order valence-corrected chi connectivity index (χ0v) is 13.3. The summed E-state index contributed by atoms with van der Waals surface area (Å²) in [5.74, 6) is -0.144. The SMILES string of the molecule is CCC(N[C@H](C)c1ccc(Br)cc1)c1ccccc1F. The van der Waals surface area contributed by atoms with Crippen LogP contribution in [0.4, 0.5) is 4.39 Å². The second-order valence-electron chi connectivity index (χ2n) is 4.92. The fourth-order valence-electron chi connectivity index (χ4n) is 2.33. The third kappa shape index (κ3) is 3.68. The average Bonchev–Trinajstić information content (AvgIpc) is 2.46. The molecule has 3 heteroatoms. The normalized spacial score (nSPS) is 14.0. The Bertz CT molecular complexity index is 553. The van der Waals surface area contributed by atoms with Gasteiger partial charge in [-0.05, 0) is 37.1 Å². The molecule has 2 rings (SSSR count). The molecule has 20 heavy (non-hydrogen) atoms. The summed E-state index contributed by atoms with van der Waals surface area (Å²) >= 11 is 3.44. The van der Waals surface area contributed by atoms with Gasteiger partial charge >= 0.3 is 0 Å². The molecule has 0 aliphatic heterocycles. The van der Waals surface area contributed by atoms with Crippen molar-refractivity contribution in [1.29, 1.82) is 0 Å². The summed E-state index contributed by atoms with van der Waals surface area (Å²) in [7, 11) is 0. The maximum absolute atomic E-state index is 13.9. The first-order valence-electron chi connectivity index (χ1n) is 6.87. The average molecular weight is 336 g/mol. The molecule has 1 nitrogen and oxygen atoms in total. The lowest BCUT2D eigenvalue weighted by Gasteiger charge is -2.23. The Morgan fingerprint density at radius 3 is 2.35 bits per heavy atom. The number of nitrogens with one attached hydrogen (secondary N) is 1. The minimum atomic E-state index is -0.144. The van der Waals surface area contributed by atoms with Gasteiger partial charge in [-0.1, -0.05) is 53.2 Å². The predicted molar refractivity (Wildman–Crippen MR) is 85.1 cm³/mol. The van der Waals surface area contributed by atoms with Crippen LogP contribution in [-0.4, -0.2) is 0 Å². The van der Waals surface area contributed by atoms with Crippen molar-refractivity contribution < 1.29 is 4.39 Å². The third-order valence-electron chi connectivity index (χ3n) is 3.51. The van der Waals surface area contributed by atoms with Gasteiger partial charge in [-0.3, -0.25) is 0 Å². The van der Waals surface area contributed by atoms with Crippen molar-refractivity contribution in [2.45, 2.75) is 32.4 Å². The molecule has 0 heterocycles. The second kappa shape index (κ2) is 7.00. The number of halogens is 2. The molecule has 2 aromatic carbocycles. The first-order valence-corrected chi connectivity index (χ1v) is 7.67. The minimum absolute atomic E-state index is 0.0230. The van der Waals surface area contributed by atoms with Crippen LogP contribution in [0.25, 0.3) is 0 Å². The van der Waals surface area contributed by atoms with Crippen LogP contribution >= 0.6 is 15.9 Å². The Labute approximate surface area is 128 Å². The van der Waals surface area contributed by atoms with E-state index in [0.29, 0.717) is 0 Å². The zero-order valence-electron chi connectivity index (χ0n) is 11.7. The van der Waals surface area contributed by atoms with Gasteiger partial charge in [0.1, 0.15) is 5.82 Å². The molecule has 2 atom stereocenters. The maximum atomic E-state index is 13.9. The monoisotopic (exact) mass is 335 g/mol. The lowest BCUT2D eigenvalue weighted by atomic mass is 10.0. The van der Waals surface area contributed by atoms with Gasteiger partial charge in [0.05, 0.1) is 0 Å². The van der Waals surface area contributed by atoms with Gasteiger partial charge in [0.15, 0.2) is 0 Å². The van der Waals surface area contributed by atoms with Gasteiger partial charge in [0.25, 0.3) is 0 Å². The van der Waals surface area contributed by atoms with E-state index < -0.39 is 0 Å². The smallest absolute Gasteiger partial charge is 0.127 e. The van der Waals surface area contributed by atoms with Crippen molar-refractivity contribution in [2.24, 2.45) is 0 Å². The lowest BCUT2D eigenvalue weighted by Crippen LogP contribution is -2.25. The first kappa shape index (κ1) is 15.2. The van der Waals surface area contributed by atoms with E-state index in [4.69, 9.17) is 0 Å². The van der Waals surface area contributed by atoms with Crippen molar-refractivity contribution in [3.8, 4) is 0 Å². The number of hydrogen-bond acceptors (Lipinski definition) is 1. The highest BCUT2D eigenvalue weighted by atomic mass is 79.9. The summed E-state index contributed by atoms with van der Waals surface area (Å²) in [6.45, 7) is 4.17. The van der Waals surface area contributed by atoms with E-state index in [9.17, 15) is 4.39 Å². The molecular formula is C17H19BrFN. The summed E-state index contributed by atoms with van der Waals surface area (Å²) in [4.78, 5) is 0. The Morgan fingerprint density at radius 1 is 1.10 bits per heavy atom. The largest absolute Gasteiger partial charge is 0.303 e. The zero-order chi connectivity index (χ0) is 14.5. The van der Waals surface area contributed by atoms with Crippen molar-refractivity contribution in [1.82, 2.24) is 5.32 Å². The van der Waals surface area contributed by atoms with Gasteiger partial charge in [-0.25, -0.2) is 4.39 Å². The molecule has 0 saturated carbocycles. The summed E-state index contributed by atoms with van der Waals surface area (Å²) < 4.78 is 15.0. The fraction of sp³-hybridized carbons (Fsp3) is 0.294. The van der Waals surface area contributed by atoms with Crippen LogP contribution in [-0.2, 0) is 0 Å². The molecule has 106 valence electrons. The van der Waals surface area contributed by atoms with Crippen molar-refractivity contribution in [3.63, 3.8) is 0 Å². The van der Waals surface area contributed by atoms with Gasteiger partial charge in [0.2, 0.25) is 0 Å². The van der Waals surface area contributed by atoms with Gasteiger partial charge in [-0.2, -0.15) is 0 Å². The summed E-state index contributed by atoms with van der Waals surface area (Å²) in [5, 5.41) is 3.50. The standard InChI is InChI=1S/C17H19BrFN/c1-3-17(15-6-4-5-7-16(15)19)20-12(2)13-8-10-14(18)11-9-13/h4-12,17,20H,3H2,1-2H3/t12-,17?/m1/s1. The summed E-state index contributed by atoms with van der Waals surface area (Å²) in [5.41, 5.74) is 1.93. The first-order chi connectivity index (χ1) is 9.61. The highest BCUT2D eigenvalue weighted by Crippen LogP contribution is 2.24. The fourth-order valence-corrected chi connectivity index (χ4v) is 2.60. The summed E-state index contributed by atoms with van der Waals surface area (Å²) in [6.07, 6.45) is 0.849. The van der Waals surface area contributed by atoms with E-state index in [1.54, 1.807) is 6.07 Å². The van der Waals surface area contributed by atoms with E-state index in [1.807, 2.05) is 24.3 Å². The Hall–Kier alpha value is -1.19. The highest BCUT2D eigenvalue weighted by molar-refractivity contribution is 9.10. The Balaban J connectivity index is 2.14. The quantitative estimate of drug-likeness (QED) is 0.772. The number of rotatable bonds is 5. The molecule has 1 unspecified atom stereocenters. The molecule has 2 aromatic rings. The molecule has 1 N–H and O–H groups in total. The molecule has 0 aliphatic rings. The van der Waals surface area contributed by atoms with E-state index in [-0.39, 0.29) is 17.9 Å². The highest BCUT2D eigenvalue weighted by Gasteiger charge is 2.16. The molecule has 0 fully saturated rings. The van der Waals surface area contributed by atoms with Crippen molar-refractivity contribution in [2.75, 3.05) is 0 Å². The lowest BCUT2D eigenvalue weighted by molar-refractivity contribution is 0.439. The van der Waals surface area contributed by atoms with Gasteiger partial charge in [-0.15, -0.1) is 0 Å². The second-order valence-corrected chi connectivity index (χ2v) is 5.84.